The molecule has 0 saturated carbocycles. The summed E-state index contributed by atoms with van der Waals surface area (Å²) in [5.74, 6) is -0.659. The molecular formula is C24H26FN5O3S. The number of carbonyl (C=O) groups is 2. The first kappa shape index (κ1) is 23.8. The van der Waals surface area contributed by atoms with Gasteiger partial charge in [-0.05, 0) is 42.7 Å². The lowest BCUT2D eigenvalue weighted by Gasteiger charge is -2.11. The first-order chi connectivity index (χ1) is 16.4. The number of benzene rings is 1. The van der Waals surface area contributed by atoms with E-state index in [1.807, 2.05) is 19.1 Å². The summed E-state index contributed by atoms with van der Waals surface area (Å²) in [6.45, 7) is 2.88. The number of rotatable bonds is 9. The van der Waals surface area contributed by atoms with Crippen molar-refractivity contribution in [3.63, 3.8) is 0 Å². The summed E-state index contributed by atoms with van der Waals surface area (Å²) in [6, 6.07) is 11.3. The number of halogens is 1. The Kier molecular flexibility index (Phi) is 7.20. The number of amides is 2. The van der Waals surface area contributed by atoms with Gasteiger partial charge in [-0.15, -0.1) is 11.3 Å². The van der Waals surface area contributed by atoms with E-state index in [0.717, 1.165) is 12.1 Å². The van der Waals surface area contributed by atoms with Gasteiger partial charge in [0.05, 0.1) is 23.4 Å². The predicted octanol–water partition coefficient (Wildman–Crippen LogP) is 3.21. The number of anilines is 2. The highest BCUT2D eigenvalue weighted by Crippen LogP contribution is 2.38. The molecule has 1 saturated heterocycles. The molecule has 178 valence electrons. The van der Waals surface area contributed by atoms with Crippen LogP contribution in [0.2, 0.25) is 0 Å². The van der Waals surface area contributed by atoms with Gasteiger partial charge in [0.15, 0.2) is 0 Å². The first-order valence-electron chi connectivity index (χ1n) is 11.0. The quantitative estimate of drug-likeness (QED) is 0.318. The van der Waals surface area contributed by atoms with Crippen LogP contribution in [0.3, 0.4) is 0 Å². The summed E-state index contributed by atoms with van der Waals surface area (Å²) >= 11 is 1.19. The fourth-order valence-electron chi connectivity index (χ4n) is 3.75. The number of nitrogens with two attached hydrogens (primary N) is 1. The van der Waals surface area contributed by atoms with E-state index in [-0.39, 0.29) is 17.5 Å². The number of hydrogen-bond donors (Lipinski definition) is 5. The van der Waals surface area contributed by atoms with Crippen LogP contribution in [-0.2, 0) is 11.3 Å². The number of nitrogens with one attached hydrogen (secondary N) is 3. The number of thiophene rings is 1. The van der Waals surface area contributed by atoms with Crippen LogP contribution in [0, 0.1) is 5.82 Å². The van der Waals surface area contributed by atoms with Crippen LogP contribution in [-0.4, -0.2) is 34.5 Å². The molecule has 4 rings (SSSR count). The van der Waals surface area contributed by atoms with Crippen LogP contribution in [0.15, 0.2) is 42.5 Å². The van der Waals surface area contributed by atoms with E-state index in [4.69, 9.17) is 5.73 Å². The van der Waals surface area contributed by atoms with Crippen LogP contribution in [0.5, 0.6) is 0 Å². The Morgan fingerprint density at radius 3 is 2.85 bits per heavy atom. The maximum Gasteiger partial charge on any atom is 0.251 e. The van der Waals surface area contributed by atoms with Gasteiger partial charge in [0.25, 0.3) is 5.91 Å². The highest BCUT2D eigenvalue weighted by Gasteiger charge is 2.23. The van der Waals surface area contributed by atoms with Crippen LogP contribution in [0.1, 0.15) is 47.5 Å². The monoisotopic (exact) mass is 483 g/mol. The van der Waals surface area contributed by atoms with E-state index in [0.29, 0.717) is 46.3 Å². The minimum absolute atomic E-state index is 0.0176. The van der Waals surface area contributed by atoms with Crippen molar-refractivity contribution in [1.29, 1.82) is 0 Å². The minimum atomic E-state index is -0.735. The number of primary amides is 1. The zero-order chi connectivity index (χ0) is 24.2. The van der Waals surface area contributed by atoms with Crippen LogP contribution in [0.25, 0.3) is 10.4 Å². The molecule has 3 aromatic rings. The van der Waals surface area contributed by atoms with Gasteiger partial charge in [0.1, 0.15) is 16.6 Å². The van der Waals surface area contributed by atoms with Crippen LogP contribution >= 0.6 is 11.3 Å². The van der Waals surface area contributed by atoms with Crippen LogP contribution in [0.4, 0.5) is 15.2 Å². The molecule has 2 aromatic heterocycles. The molecule has 34 heavy (non-hydrogen) atoms. The molecular weight excluding hydrogens is 457 g/mol. The third-order valence-corrected chi connectivity index (χ3v) is 6.74. The SMILES string of the molecule is CCC(O)c1ccc(-c2cc(C(N)=O)c(Nc3cccc(CNC4CCNC4=O)n3)s2)c(F)c1. The van der Waals surface area contributed by atoms with Gasteiger partial charge >= 0.3 is 0 Å². The number of pyridine rings is 1. The molecule has 6 N–H and O–H groups in total. The van der Waals surface area contributed by atoms with Crippen molar-refractivity contribution >= 4 is 34.0 Å². The van der Waals surface area contributed by atoms with Crippen molar-refractivity contribution in [3.8, 4) is 10.4 Å². The molecule has 10 heteroatoms. The molecule has 0 radical (unpaired) electrons. The molecule has 0 bridgehead atoms. The number of aliphatic hydroxyl groups excluding tert-OH is 1. The first-order valence-corrected chi connectivity index (χ1v) is 11.8. The normalized spacial score (nSPS) is 16.3. The highest BCUT2D eigenvalue weighted by atomic mass is 32.1. The summed E-state index contributed by atoms with van der Waals surface area (Å²) < 4.78 is 14.8. The third-order valence-electron chi connectivity index (χ3n) is 5.65. The third kappa shape index (κ3) is 5.24. The van der Waals surface area contributed by atoms with Crippen molar-refractivity contribution in [3.05, 3.63) is 65.1 Å². The second-order valence-corrected chi connectivity index (χ2v) is 9.09. The number of hydrogen-bond acceptors (Lipinski definition) is 7. The second kappa shape index (κ2) is 10.3. The topological polar surface area (TPSA) is 129 Å². The van der Waals surface area contributed by atoms with Crippen molar-refractivity contribution in [1.82, 2.24) is 15.6 Å². The maximum absolute atomic E-state index is 14.8. The molecule has 8 nitrogen and oxygen atoms in total. The van der Waals surface area contributed by atoms with E-state index in [1.165, 1.54) is 17.4 Å². The molecule has 2 atom stereocenters. The molecule has 0 aliphatic carbocycles. The van der Waals surface area contributed by atoms with Gasteiger partial charge in [-0.3, -0.25) is 9.59 Å². The Bertz CT molecular complexity index is 1220. The summed E-state index contributed by atoms with van der Waals surface area (Å²) in [5, 5.41) is 19.5. The molecule has 2 unspecified atom stereocenters. The Labute approximate surface area is 200 Å². The average Bonchev–Trinajstić information content (AvgIpc) is 3.43. The van der Waals surface area contributed by atoms with E-state index >= 15 is 0 Å². The van der Waals surface area contributed by atoms with Gasteiger partial charge in [-0.2, -0.15) is 0 Å². The number of carbonyl (C=O) groups excluding carboxylic acids is 2. The zero-order valence-corrected chi connectivity index (χ0v) is 19.4. The molecule has 0 spiro atoms. The summed E-state index contributed by atoms with van der Waals surface area (Å²) in [5.41, 5.74) is 7.33. The maximum atomic E-state index is 14.8. The zero-order valence-electron chi connectivity index (χ0n) is 18.6. The minimum Gasteiger partial charge on any atom is -0.388 e. The standard InChI is InChI=1S/C24H26FN5O3S/c1-2-19(31)13-6-7-15(17(25)10-13)20-11-16(22(26)32)24(34-20)30-21-5-3-4-14(29-21)12-28-18-8-9-27-23(18)33/h3-7,10-11,18-19,28,31H,2,8-9,12H2,1H3,(H2,26,32)(H,27,33)(H,29,30). The molecule has 2 amide bonds. The van der Waals surface area contributed by atoms with Gasteiger partial charge in [0, 0.05) is 23.5 Å². The van der Waals surface area contributed by atoms with Crippen LogP contribution < -0.4 is 21.7 Å². The Balaban J connectivity index is 1.55. The lowest BCUT2D eigenvalue weighted by atomic mass is 10.0. The number of aliphatic hydroxyl groups is 1. The van der Waals surface area contributed by atoms with Crippen molar-refractivity contribution in [2.75, 3.05) is 11.9 Å². The molecule has 1 fully saturated rings. The molecule has 1 aromatic carbocycles. The molecule has 1 aliphatic heterocycles. The predicted molar refractivity (Wildman–Crippen MR) is 129 cm³/mol. The number of nitrogens with zero attached hydrogens (tertiary/aromatic N) is 1. The fourth-order valence-corrected chi connectivity index (χ4v) is 4.85. The summed E-state index contributed by atoms with van der Waals surface area (Å²) in [4.78, 5) is 28.9. The van der Waals surface area contributed by atoms with E-state index in [1.54, 1.807) is 24.3 Å². The smallest absolute Gasteiger partial charge is 0.251 e. The highest BCUT2D eigenvalue weighted by molar-refractivity contribution is 7.19. The van der Waals surface area contributed by atoms with E-state index in [9.17, 15) is 19.1 Å². The van der Waals surface area contributed by atoms with E-state index < -0.39 is 17.8 Å². The number of aromatic nitrogens is 1. The molecule has 1 aliphatic rings. The summed E-state index contributed by atoms with van der Waals surface area (Å²) in [7, 11) is 0. The van der Waals surface area contributed by atoms with Crippen molar-refractivity contribution < 1.29 is 19.1 Å². The summed E-state index contributed by atoms with van der Waals surface area (Å²) in [6.07, 6.45) is 0.472. The van der Waals surface area contributed by atoms with Gasteiger partial charge in [-0.25, -0.2) is 9.37 Å². The van der Waals surface area contributed by atoms with Crippen molar-refractivity contribution in [2.24, 2.45) is 5.73 Å². The fraction of sp³-hybridized carbons (Fsp3) is 0.292. The van der Waals surface area contributed by atoms with Gasteiger partial charge < -0.3 is 26.8 Å². The lowest BCUT2D eigenvalue weighted by molar-refractivity contribution is -0.120. The Morgan fingerprint density at radius 2 is 2.18 bits per heavy atom. The average molecular weight is 484 g/mol. The Hall–Kier alpha value is -3.34. The van der Waals surface area contributed by atoms with Crippen molar-refractivity contribution in [2.45, 2.75) is 38.5 Å². The molecule has 3 heterocycles. The van der Waals surface area contributed by atoms with Gasteiger partial charge in [-0.1, -0.05) is 25.1 Å². The largest absolute Gasteiger partial charge is 0.388 e. The Morgan fingerprint density at radius 1 is 1.35 bits per heavy atom. The second-order valence-electron chi connectivity index (χ2n) is 8.03. The lowest BCUT2D eigenvalue weighted by Crippen LogP contribution is -2.35. The van der Waals surface area contributed by atoms with Gasteiger partial charge in [0.2, 0.25) is 5.91 Å². The van der Waals surface area contributed by atoms with E-state index in [2.05, 4.69) is 20.9 Å².